The predicted molar refractivity (Wildman–Crippen MR) is 87.8 cm³/mol. The molecule has 0 fully saturated rings. The topological polar surface area (TPSA) is 38.3 Å². The molecule has 0 radical (unpaired) electrons. The Morgan fingerprint density at radius 3 is 2.62 bits per heavy atom. The summed E-state index contributed by atoms with van der Waals surface area (Å²) in [4.78, 5) is 11.7. The molecule has 0 aliphatic carbocycles. The van der Waals surface area contributed by atoms with E-state index in [0.717, 1.165) is 5.57 Å². The van der Waals surface area contributed by atoms with Crippen LogP contribution in [-0.4, -0.2) is 18.2 Å². The molecule has 1 rings (SSSR count). The number of carbonyl (C=O) groups is 1. The van der Waals surface area contributed by atoms with E-state index in [1.165, 1.54) is 16.7 Å². The number of rotatable bonds is 4. The summed E-state index contributed by atoms with van der Waals surface area (Å²) in [6.07, 6.45) is -0.435. The molecular weight excluding hydrogens is 286 g/mol. The lowest BCUT2D eigenvalue weighted by Crippen LogP contribution is -2.34. The number of carbonyl (C=O) groups excluding carboxylic acids is 1. The van der Waals surface area contributed by atoms with Gasteiger partial charge in [0.05, 0.1) is 0 Å². The first-order valence-corrected chi connectivity index (χ1v) is 7.49. The highest BCUT2D eigenvalue weighted by Gasteiger charge is 2.17. The zero-order valence-corrected chi connectivity index (χ0v) is 14.1. The molecule has 0 aliphatic rings. The Kier molecular flexibility index (Phi) is 6.28. The first kappa shape index (κ1) is 17.6. The van der Waals surface area contributed by atoms with Gasteiger partial charge in [-0.25, -0.2) is 4.79 Å². The van der Waals surface area contributed by atoms with E-state index >= 15 is 0 Å². The molecule has 0 bridgehead atoms. The molecule has 21 heavy (non-hydrogen) atoms. The van der Waals surface area contributed by atoms with Crippen LogP contribution in [0.15, 0.2) is 35.4 Å². The molecule has 0 aliphatic heterocycles. The fraction of sp³-hybridized carbons (Fsp3) is 0.471. The molecule has 0 aromatic heterocycles. The molecule has 0 heterocycles. The summed E-state index contributed by atoms with van der Waals surface area (Å²) in [6, 6.07) is 8.26. The first-order valence-electron chi connectivity index (χ1n) is 7.05. The predicted octanol–water partition coefficient (Wildman–Crippen LogP) is 4.75. The number of amides is 1. The van der Waals surface area contributed by atoms with Crippen molar-refractivity contribution in [3.05, 3.63) is 46.5 Å². The van der Waals surface area contributed by atoms with Gasteiger partial charge in [-0.2, -0.15) is 0 Å². The summed E-state index contributed by atoms with van der Waals surface area (Å²) in [7, 11) is 0. The monoisotopic (exact) mass is 309 g/mol. The Bertz CT molecular complexity index is 518. The lowest BCUT2D eigenvalue weighted by molar-refractivity contribution is 0.0532. The standard InChI is InChI=1S/C17H24ClNO2/c1-12-7-6-8-14(9-12)13(2)15(10-18)11-19-16(20)21-17(3,4)5/h6-10,13H,11H2,1-5H3,(H,19,20). The second-order valence-electron chi connectivity index (χ2n) is 6.18. The lowest BCUT2D eigenvalue weighted by Gasteiger charge is -2.21. The second-order valence-corrected chi connectivity index (χ2v) is 6.39. The van der Waals surface area contributed by atoms with Crippen molar-refractivity contribution in [1.82, 2.24) is 5.32 Å². The van der Waals surface area contributed by atoms with Gasteiger partial charge in [0.25, 0.3) is 0 Å². The van der Waals surface area contributed by atoms with Crippen LogP contribution in [0.5, 0.6) is 0 Å². The van der Waals surface area contributed by atoms with Gasteiger partial charge in [0.15, 0.2) is 0 Å². The number of hydrogen-bond acceptors (Lipinski definition) is 2. The third-order valence-electron chi connectivity index (χ3n) is 3.07. The summed E-state index contributed by atoms with van der Waals surface area (Å²) in [5.41, 5.74) is 4.34. The largest absolute Gasteiger partial charge is 0.444 e. The van der Waals surface area contributed by atoms with E-state index in [-0.39, 0.29) is 5.92 Å². The van der Waals surface area contributed by atoms with Gasteiger partial charge in [0.2, 0.25) is 0 Å². The molecule has 1 atom stereocenters. The van der Waals surface area contributed by atoms with Crippen LogP contribution in [0.4, 0.5) is 4.79 Å². The van der Waals surface area contributed by atoms with Gasteiger partial charge in [0.1, 0.15) is 5.60 Å². The van der Waals surface area contributed by atoms with Crippen LogP contribution in [0.2, 0.25) is 0 Å². The van der Waals surface area contributed by atoms with Gasteiger partial charge in [-0.1, -0.05) is 48.4 Å². The van der Waals surface area contributed by atoms with Crippen molar-refractivity contribution >= 4 is 17.7 Å². The average Bonchev–Trinajstić information content (AvgIpc) is 2.37. The number of halogens is 1. The molecule has 0 spiro atoms. The molecule has 0 saturated carbocycles. The Morgan fingerprint density at radius 2 is 2.10 bits per heavy atom. The molecule has 4 heteroatoms. The Balaban J connectivity index is 2.66. The van der Waals surface area contributed by atoms with Crippen molar-refractivity contribution in [3.63, 3.8) is 0 Å². The van der Waals surface area contributed by atoms with Gasteiger partial charge in [-0.3, -0.25) is 0 Å². The highest BCUT2D eigenvalue weighted by molar-refractivity contribution is 6.25. The minimum absolute atomic E-state index is 0.136. The Morgan fingerprint density at radius 1 is 1.43 bits per heavy atom. The number of hydrogen-bond donors (Lipinski definition) is 1. The number of ether oxygens (including phenoxy) is 1. The number of alkyl carbamates (subject to hydrolysis) is 1. The van der Waals surface area contributed by atoms with Crippen LogP contribution in [0, 0.1) is 6.92 Å². The van der Waals surface area contributed by atoms with E-state index in [9.17, 15) is 4.79 Å². The van der Waals surface area contributed by atoms with E-state index in [0.29, 0.717) is 6.54 Å². The number of aryl methyl sites for hydroxylation is 1. The molecule has 1 aromatic rings. The van der Waals surface area contributed by atoms with Crippen LogP contribution in [0.3, 0.4) is 0 Å². The zero-order valence-electron chi connectivity index (χ0n) is 13.4. The van der Waals surface area contributed by atoms with E-state index in [1.807, 2.05) is 26.8 Å². The molecule has 1 amide bonds. The molecule has 3 nitrogen and oxygen atoms in total. The van der Waals surface area contributed by atoms with Crippen molar-refractivity contribution in [2.24, 2.45) is 0 Å². The summed E-state index contributed by atoms with van der Waals surface area (Å²) < 4.78 is 5.22. The van der Waals surface area contributed by atoms with Crippen molar-refractivity contribution in [3.8, 4) is 0 Å². The van der Waals surface area contributed by atoms with Crippen molar-refractivity contribution in [2.75, 3.05) is 6.54 Å². The fourth-order valence-corrected chi connectivity index (χ4v) is 2.19. The highest BCUT2D eigenvalue weighted by atomic mass is 35.5. The van der Waals surface area contributed by atoms with Crippen molar-refractivity contribution in [2.45, 2.75) is 46.1 Å². The third kappa shape index (κ3) is 6.21. The van der Waals surface area contributed by atoms with Crippen molar-refractivity contribution < 1.29 is 9.53 Å². The van der Waals surface area contributed by atoms with Gasteiger partial charge < -0.3 is 10.1 Å². The van der Waals surface area contributed by atoms with E-state index in [1.54, 1.807) is 0 Å². The van der Waals surface area contributed by atoms with Gasteiger partial charge in [-0.15, -0.1) is 0 Å². The van der Waals surface area contributed by atoms with E-state index in [4.69, 9.17) is 16.3 Å². The second kappa shape index (κ2) is 7.51. The van der Waals surface area contributed by atoms with Gasteiger partial charge in [0, 0.05) is 18.0 Å². The molecule has 1 aromatic carbocycles. The summed E-state index contributed by atoms with van der Waals surface area (Å²) in [6.45, 7) is 9.99. The zero-order chi connectivity index (χ0) is 16.0. The average molecular weight is 310 g/mol. The number of nitrogens with one attached hydrogen (secondary N) is 1. The van der Waals surface area contributed by atoms with Crippen LogP contribution in [-0.2, 0) is 4.74 Å². The maximum Gasteiger partial charge on any atom is 0.407 e. The maximum absolute atomic E-state index is 11.7. The summed E-state index contributed by atoms with van der Waals surface area (Å²) in [5, 5.41) is 2.74. The normalized spacial score (nSPS) is 13.7. The molecule has 1 N–H and O–H groups in total. The van der Waals surface area contributed by atoms with Crippen LogP contribution in [0.25, 0.3) is 0 Å². The van der Waals surface area contributed by atoms with E-state index < -0.39 is 11.7 Å². The Hall–Kier alpha value is -1.48. The summed E-state index contributed by atoms with van der Waals surface area (Å²) >= 11 is 5.91. The smallest absolute Gasteiger partial charge is 0.407 e. The minimum Gasteiger partial charge on any atom is -0.444 e. The lowest BCUT2D eigenvalue weighted by atomic mass is 9.93. The SMILES string of the molecule is Cc1cccc(C(C)C(=CCl)CNC(=O)OC(C)(C)C)c1. The van der Waals surface area contributed by atoms with Crippen LogP contribution in [0.1, 0.15) is 44.7 Å². The molecule has 116 valence electrons. The van der Waals surface area contributed by atoms with Crippen molar-refractivity contribution in [1.29, 1.82) is 0 Å². The first-order chi connectivity index (χ1) is 9.73. The van der Waals surface area contributed by atoms with Gasteiger partial charge >= 0.3 is 6.09 Å². The summed E-state index contributed by atoms with van der Waals surface area (Å²) in [5.74, 6) is 0.136. The maximum atomic E-state index is 11.7. The fourth-order valence-electron chi connectivity index (χ4n) is 1.93. The van der Waals surface area contributed by atoms with Gasteiger partial charge in [-0.05, 0) is 38.8 Å². The van der Waals surface area contributed by atoms with Crippen LogP contribution < -0.4 is 5.32 Å². The Labute approximate surface area is 132 Å². The quantitative estimate of drug-likeness (QED) is 0.872. The third-order valence-corrected chi connectivity index (χ3v) is 3.35. The highest BCUT2D eigenvalue weighted by Crippen LogP contribution is 2.24. The van der Waals surface area contributed by atoms with Crippen LogP contribution >= 0.6 is 11.6 Å². The number of benzene rings is 1. The van der Waals surface area contributed by atoms with E-state index in [2.05, 4.69) is 37.4 Å². The molecular formula is C17H24ClNO2. The molecule has 1 unspecified atom stereocenters. The minimum atomic E-state index is -0.503. The molecule has 0 saturated heterocycles.